The molecule has 2 nitrogen and oxygen atoms in total. The summed E-state index contributed by atoms with van der Waals surface area (Å²) in [7, 11) is 0. The van der Waals surface area contributed by atoms with E-state index in [1.165, 1.54) is 4.70 Å². The van der Waals surface area contributed by atoms with Crippen LogP contribution in [0.5, 0.6) is 0 Å². The van der Waals surface area contributed by atoms with Crippen LogP contribution in [0.25, 0.3) is 21.0 Å². The lowest BCUT2D eigenvalue weighted by Gasteiger charge is -2.11. The first-order valence-electron chi connectivity index (χ1n) is 6.82. The summed E-state index contributed by atoms with van der Waals surface area (Å²) in [6.07, 6.45) is 1.18. The minimum absolute atomic E-state index is 0.606. The number of hydrogen-bond acceptors (Lipinski definition) is 3. The van der Waals surface area contributed by atoms with E-state index >= 15 is 0 Å². The summed E-state index contributed by atoms with van der Waals surface area (Å²) < 4.78 is 1.20. The molecule has 4 aromatic rings. The molecule has 0 aliphatic heterocycles. The van der Waals surface area contributed by atoms with Crippen molar-refractivity contribution in [3.05, 3.63) is 77.3 Å². The Kier molecular flexibility index (Phi) is 2.95. The Morgan fingerprint density at radius 3 is 2.86 bits per heavy atom. The Morgan fingerprint density at radius 1 is 1.00 bits per heavy atom. The van der Waals surface area contributed by atoms with E-state index in [0.29, 0.717) is 0 Å². The summed E-state index contributed by atoms with van der Waals surface area (Å²) in [5.41, 5.74) is 2.82. The van der Waals surface area contributed by atoms with E-state index in [0.717, 1.165) is 27.4 Å². The molecule has 0 spiro atoms. The Hall–Kier alpha value is -2.23. The van der Waals surface area contributed by atoms with Crippen molar-refractivity contribution < 1.29 is 5.11 Å². The fourth-order valence-corrected chi connectivity index (χ4v) is 3.63. The molecule has 0 aliphatic carbocycles. The zero-order valence-electron chi connectivity index (χ0n) is 11.2. The van der Waals surface area contributed by atoms with E-state index in [1.807, 2.05) is 47.8 Å². The lowest BCUT2D eigenvalue weighted by molar-refractivity contribution is 0.222. The number of rotatable bonds is 2. The minimum Gasteiger partial charge on any atom is -0.384 e. The van der Waals surface area contributed by atoms with Gasteiger partial charge in [-0.2, -0.15) is 0 Å². The highest BCUT2D eigenvalue weighted by Gasteiger charge is 2.15. The van der Waals surface area contributed by atoms with Gasteiger partial charge >= 0.3 is 0 Å². The Labute approximate surface area is 126 Å². The van der Waals surface area contributed by atoms with Gasteiger partial charge in [0.05, 0.1) is 5.52 Å². The van der Waals surface area contributed by atoms with E-state index in [2.05, 4.69) is 17.1 Å². The van der Waals surface area contributed by atoms with Crippen LogP contribution >= 0.6 is 11.3 Å². The SMILES string of the molecule is OC(c1ccc2ncccc2c1)c1csc2ccccc12. The van der Waals surface area contributed by atoms with Gasteiger partial charge in [-0.1, -0.05) is 30.3 Å². The first-order valence-corrected chi connectivity index (χ1v) is 7.70. The van der Waals surface area contributed by atoms with Crippen molar-refractivity contribution in [1.29, 1.82) is 0 Å². The van der Waals surface area contributed by atoms with Crippen molar-refractivity contribution in [1.82, 2.24) is 4.98 Å². The second kappa shape index (κ2) is 4.95. The van der Waals surface area contributed by atoms with Crippen molar-refractivity contribution in [3.8, 4) is 0 Å². The molecule has 21 heavy (non-hydrogen) atoms. The lowest BCUT2D eigenvalue weighted by atomic mass is 9.99. The standard InChI is InChI=1S/C18H13NOS/c20-18(15-11-21-17-6-2-1-5-14(15)17)13-7-8-16-12(10-13)4-3-9-19-16/h1-11,18,20H. The highest BCUT2D eigenvalue weighted by molar-refractivity contribution is 7.17. The van der Waals surface area contributed by atoms with Crippen LogP contribution in [-0.4, -0.2) is 10.1 Å². The minimum atomic E-state index is -0.606. The summed E-state index contributed by atoms with van der Waals surface area (Å²) in [6.45, 7) is 0. The zero-order valence-corrected chi connectivity index (χ0v) is 12.0. The van der Waals surface area contributed by atoms with Crippen LogP contribution in [0.3, 0.4) is 0 Å². The fourth-order valence-electron chi connectivity index (χ4n) is 2.65. The van der Waals surface area contributed by atoms with E-state index in [9.17, 15) is 5.11 Å². The molecule has 0 saturated carbocycles. The molecule has 0 radical (unpaired) electrons. The van der Waals surface area contributed by atoms with Crippen molar-refractivity contribution in [2.45, 2.75) is 6.10 Å². The van der Waals surface area contributed by atoms with Crippen LogP contribution < -0.4 is 0 Å². The van der Waals surface area contributed by atoms with Gasteiger partial charge in [0.1, 0.15) is 6.10 Å². The van der Waals surface area contributed by atoms with Crippen LogP contribution in [0.4, 0.5) is 0 Å². The number of hydrogen-bond donors (Lipinski definition) is 1. The monoisotopic (exact) mass is 291 g/mol. The van der Waals surface area contributed by atoms with Crippen molar-refractivity contribution in [3.63, 3.8) is 0 Å². The molecule has 3 heteroatoms. The number of aromatic nitrogens is 1. The molecule has 1 atom stereocenters. The highest BCUT2D eigenvalue weighted by Crippen LogP contribution is 2.34. The summed E-state index contributed by atoms with van der Waals surface area (Å²) >= 11 is 1.67. The summed E-state index contributed by atoms with van der Waals surface area (Å²) in [5, 5.41) is 14.9. The maximum atomic E-state index is 10.7. The molecule has 0 amide bonds. The fraction of sp³-hybridized carbons (Fsp3) is 0.0556. The number of pyridine rings is 1. The summed E-state index contributed by atoms with van der Waals surface area (Å²) in [6, 6.07) is 18.0. The molecule has 1 unspecified atom stereocenters. The third-order valence-electron chi connectivity index (χ3n) is 3.75. The predicted octanol–water partition coefficient (Wildman–Crippen LogP) is 4.53. The van der Waals surface area contributed by atoms with E-state index in [-0.39, 0.29) is 0 Å². The number of aliphatic hydroxyl groups is 1. The average molecular weight is 291 g/mol. The summed E-state index contributed by atoms with van der Waals surface area (Å²) in [4.78, 5) is 4.31. The molecule has 2 heterocycles. The number of fused-ring (bicyclic) bond motifs is 2. The molecule has 1 N–H and O–H groups in total. The first-order chi connectivity index (χ1) is 10.3. The molecular weight excluding hydrogens is 278 g/mol. The zero-order chi connectivity index (χ0) is 14.2. The molecule has 102 valence electrons. The molecule has 2 aromatic carbocycles. The van der Waals surface area contributed by atoms with Gasteiger partial charge in [-0.3, -0.25) is 4.98 Å². The largest absolute Gasteiger partial charge is 0.384 e. The second-order valence-electron chi connectivity index (χ2n) is 5.05. The van der Waals surface area contributed by atoms with Crippen LogP contribution in [0, 0.1) is 0 Å². The molecular formula is C18H13NOS. The van der Waals surface area contributed by atoms with Gasteiger partial charge in [0.25, 0.3) is 0 Å². The van der Waals surface area contributed by atoms with Gasteiger partial charge in [-0.05, 0) is 40.6 Å². The van der Waals surface area contributed by atoms with Crippen LogP contribution in [0.15, 0.2) is 66.2 Å². The smallest absolute Gasteiger partial charge is 0.105 e. The lowest BCUT2D eigenvalue weighted by Crippen LogP contribution is -1.98. The number of aliphatic hydroxyl groups excluding tert-OH is 1. The topological polar surface area (TPSA) is 33.1 Å². The van der Waals surface area contributed by atoms with Crippen molar-refractivity contribution >= 4 is 32.3 Å². The number of nitrogens with zero attached hydrogens (tertiary/aromatic N) is 1. The molecule has 0 saturated heterocycles. The Morgan fingerprint density at radius 2 is 1.90 bits per heavy atom. The van der Waals surface area contributed by atoms with Crippen molar-refractivity contribution in [2.24, 2.45) is 0 Å². The molecule has 0 aliphatic rings. The van der Waals surface area contributed by atoms with Crippen LogP contribution in [0.2, 0.25) is 0 Å². The quantitative estimate of drug-likeness (QED) is 0.588. The summed E-state index contributed by atoms with van der Waals surface area (Å²) in [5.74, 6) is 0. The van der Waals surface area contributed by atoms with Gasteiger partial charge in [-0.25, -0.2) is 0 Å². The van der Waals surface area contributed by atoms with Crippen molar-refractivity contribution in [2.75, 3.05) is 0 Å². The molecule has 2 aromatic heterocycles. The van der Waals surface area contributed by atoms with Gasteiger partial charge < -0.3 is 5.11 Å². The molecule has 0 bridgehead atoms. The van der Waals surface area contributed by atoms with E-state index in [4.69, 9.17) is 0 Å². The van der Waals surface area contributed by atoms with E-state index in [1.54, 1.807) is 17.5 Å². The third-order valence-corrected chi connectivity index (χ3v) is 4.73. The van der Waals surface area contributed by atoms with Crippen LogP contribution in [0.1, 0.15) is 17.2 Å². The van der Waals surface area contributed by atoms with Gasteiger partial charge in [0.15, 0.2) is 0 Å². The predicted molar refractivity (Wildman–Crippen MR) is 87.6 cm³/mol. The molecule has 0 fully saturated rings. The normalized spacial score (nSPS) is 12.8. The second-order valence-corrected chi connectivity index (χ2v) is 5.96. The maximum Gasteiger partial charge on any atom is 0.105 e. The average Bonchev–Trinajstić information content (AvgIpc) is 2.98. The number of benzene rings is 2. The number of thiophene rings is 1. The Balaban J connectivity index is 1.83. The van der Waals surface area contributed by atoms with E-state index < -0.39 is 6.10 Å². The van der Waals surface area contributed by atoms with Crippen LogP contribution in [-0.2, 0) is 0 Å². The molecule has 4 rings (SSSR count). The Bertz CT molecular complexity index is 928. The first kappa shape index (κ1) is 12.5. The van der Waals surface area contributed by atoms with Gasteiger partial charge in [0.2, 0.25) is 0 Å². The third kappa shape index (κ3) is 2.11. The van der Waals surface area contributed by atoms with Gasteiger partial charge in [0, 0.05) is 21.8 Å². The highest BCUT2D eigenvalue weighted by atomic mass is 32.1. The maximum absolute atomic E-state index is 10.7. The van der Waals surface area contributed by atoms with Gasteiger partial charge in [-0.15, -0.1) is 11.3 Å².